The Hall–Kier alpha value is -6.42. The molecule has 16 heteroatoms. The smallest absolute Gasteiger partial charge is 0.414 e. The fourth-order valence-electron chi connectivity index (χ4n) is 8.85. The Balaban J connectivity index is 0.929. The summed E-state index contributed by atoms with van der Waals surface area (Å²) in [5, 5.41) is 21.5. The maximum absolute atomic E-state index is 14.2. The molecule has 2 N–H and O–H groups in total. The minimum absolute atomic E-state index is 0.00587. The molecule has 61 heavy (non-hydrogen) atoms. The maximum Gasteiger partial charge on any atom is 0.414 e. The summed E-state index contributed by atoms with van der Waals surface area (Å²) in [5.41, 5.74) is 2.64. The van der Waals surface area contributed by atoms with Gasteiger partial charge in [0, 0.05) is 24.9 Å². The lowest BCUT2D eigenvalue weighted by atomic mass is 10.0. The van der Waals surface area contributed by atoms with Crippen molar-refractivity contribution in [1.82, 2.24) is 9.80 Å². The molecule has 4 aliphatic heterocycles. The fraction of sp³-hybridized carbons (Fsp3) is 0.422. The Morgan fingerprint density at radius 1 is 0.852 bits per heavy atom. The van der Waals surface area contributed by atoms with Crippen LogP contribution in [0.25, 0.3) is 5.57 Å². The zero-order valence-electron chi connectivity index (χ0n) is 34.5. The number of carbonyl (C=O) groups excluding carboxylic acids is 3. The Morgan fingerprint density at radius 2 is 1.49 bits per heavy atom. The number of unbranched alkanes of at least 4 members (excludes halogenated alkanes) is 2. The van der Waals surface area contributed by atoms with E-state index in [0.717, 1.165) is 34.6 Å². The number of fused-ring (bicyclic) bond motifs is 4. The molecular formula is C45H50N4O12. The SMILES string of the molecule is C=CCOC(=O)N1C[C@@H]2CC(c3ccc(OC)cc3)=CN2C(=O)c2cc(OC)c(OCCCCCOc3cc4c(cc3OC)C(=O)N3CC5(CC5)C[C@H]3C(O)N4C(=O)O)cc21. The average molecular weight is 839 g/mol. The van der Waals surface area contributed by atoms with Gasteiger partial charge in [0.05, 0.1) is 75.7 Å². The number of aliphatic hydroxyl groups excluding tert-OH is 1. The minimum Gasteiger partial charge on any atom is -0.497 e. The number of nitrogens with zero attached hydrogens (tertiary/aromatic N) is 4. The second-order valence-corrected chi connectivity index (χ2v) is 16.0. The zero-order chi connectivity index (χ0) is 43.0. The van der Waals surface area contributed by atoms with Crippen molar-refractivity contribution in [3.8, 4) is 28.7 Å². The van der Waals surface area contributed by atoms with Gasteiger partial charge in [-0.2, -0.15) is 0 Å². The van der Waals surface area contributed by atoms with Gasteiger partial charge in [-0.3, -0.25) is 14.5 Å². The summed E-state index contributed by atoms with van der Waals surface area (Å²) >= 11 is 0. The van der Waals surface area contributed by atoms with Crippen molar-refractivity contribution in [2.45, 2.75) is 63.3 Å². The average Bonchev–Trinajstić information content (AvgIpc) is 3.77. The largest absolute Gasteiger partial charge is 0.497 e. The first-order valence-corrected chi connectivity index (χ1v) is 20.4. The van der Waals surface area contributed by atoms with Crippen LogP contribution in [-0.4, -0.2) is 117 Å². The third kappa shape index (κ3) is 7.87. The van der Waals surface area contributed by atoms with Crippen LogP contribution in [0.3, 0.4) is 0 Å². The molecule has 16 nitrogen and oxygen atoms in total. The normalized spacial score (nSPS) is 20.7. The summed E-state index contributed by atoms with van der Waals surface area (Å²) < 4.78 is 34.3. The van der Waals surface area contributed by atoms with Crippen LogP contribution < -0.4 is 33.5 Å². The van der Waals surface area contributed by atoms with E-state index in [-0.39, 0.29) is 77.9 Å². The number of carboxylic acid groups (broad SMARTS) is 1. The molecule has 2 fully saturated rings. The molecule has 8 rings (SSSR count). The molecule has 4 amide bonds. The van der Waals surface area contributed by atoms with Gasteiger partial charge in [-0.15, -0.1) is 0 Å². The van der Waals surface area contributed by atoms with Crippen LogP contribution in [0, 0.1) is 5.41 Å². The topological polar surface area (TPSA) is 177 Å². The van der Waals surface area contributed by atoms with E-state index >= 15 is 0 Å². The molecule has 0 aromatic heterocycles. The molecule has 322 valence electrons. The van der Waals surface area contributed by atoms with Crippen LogP contribution in [0.1, 0.15) is 71.2 Å². The van der Waals surface area contributed by atoms with Gasteiger partial charge >= 0.3 is 12.2 Å². The molecule has 1 aliphatic carbocycles. The van der Waals surface area contributed by atoms with Gasteiger partial charge in [0.25, 0.3) is 11.8 Å². The minimum atomic E-state index is -1.43. The standard InChI is InChI=1S/C45H50N4O12/c1-5-15-61-44(55)47-25-29-18-28(27-9-11-30(56-2)12-10-27)24-46(29)40(50)31-19-36(57-3)38(21-33(31)47)59-16-7-6-8-17-60-39-22-34-32(20-37(39)58-4)41(51)48-26-45(13-14-45)23-35(48)42(52)49(34)43(53)54/h5,9-12,19-22,24,29,35,42,52H,1,6-8,13-18,23,25-26H2,2-4H3,(H,53,54)/t29-,35-,42?/m0/s1. The number of ether oxygens (including phenoxy) is 6. The number of amides is 4. The maximum atomic E-state index is 14.2. The summed E-state index contributed by atoms with van der Waals surface area (Å²) in [5.74, 6) is 1.30. The summed E-state index contributed by atoms with van der Waals surface area (Å²) in [4.78, 5) is 59.6. The van der Waals surface area contributed by atoms with Crippen molar-refractivity contribution in [2.24, 2.45) is 5.41 Å². The van der Waals surface area contributed by atoms with Gasteiger partial charge in [-0.05, 0) is 85.8 Å². The van der Waals surface area contributed by atoms with E-state index in [1.165, 1.54) is 37.3 Å². The van der Waals surface area contributed by atoms with Crippen molar-refractivity contribution in [1.29, 1.82) is 0 Å². The molecular weight excluding hydrogens is 789 g/mol. The molecule has 5 aliphatic rings. The Kier molecular flexibility index (Phi) is 11.5. The molecule has 1 saturated carbocycles. The van der Waals surface area contributed by atoms with Crippen molar-refractivity contribution in [2.75, 3.05) is 64.0 Å². The highest BCUT2D eigenvalue weighted by atomic mass is 16.6. The van der Waals surface area contributed by atoms with Gasteiger partial charge in [-0.1, -0.05) is 24.8 Å². The predicted molar refractivity (Wildman–Crippen MR) is 223 cm³/mol. The van der Waals surface area contributed by atoms with Crippen LogP contribution in [-0.2, 0) is 4.74 Å². The first kappa shape index (κ1) is 41.3. The molecule has 1 unspecified atom stereocenters. The number of anilines is 2. The third-order valence-corrected chi connectivity index (χ3v) is 12.2. The fourth-order valence-corrected chi connectivity index (χ4v) is 8.85. The molecule has 4 heterocycles. The quantitative estimate of drug-likeness (QED) is 0.132. The highest BCUT2D eigenvalue weighted by molar-refractivity contribution is 6.07. The lowest BCUT2D eigenvalue weighted by molar-refractivity contribution is 0.0510. The van der Waals surface area contributed by atoms with Crippen molar-refractivity contribution in [3.05, 3.63) is 84.1 Å². The van der Waals surface area contributed by atoms with E-state index < -0.39 is 24.5 Å². The van der Waals surface area contributed by atoms with Crippen molar-refractivity contribution in [3.63, 3.8) is 0 Å². The predicted octanol–water partition coefficient (Wildman–Crippen LogP) is 6.55. The van der Waals surface area contributed by atoms with Crippen molar-refractivity contribution >= 4 is 40.9 Å². The highest BCUT2D eigenvalue weighted by Gasteiger charge is 2.58. The molecule has 3 atom stereocenters. The second kappa shape index (κ2) is 16.9. The van der Waals surface area contributed by atoms with Gasteiger partial charge in [0.2, 0.25) is 0 Å². The number of hydrogen-bond acceptors (Lipinski definition) is 11. The van der Waals surface area contributed by atoms with Crippen LogP contribution >= 0.6 is 0 Å². The lowest BCUT2D eigenvalue weighted by Gasteiger charge is -2.30. The Morgan fingerprint density at radius 3 is 2.08 bits per heavy atom. The van der Waals surface area contributed by atoms with Crippen LogP contribution in [0.2, 0.25) is 0 Å². The first-order chi connectivity index (χ1) is 29.5. The van der Waals surface area contributed by atoms with Crippen LogP contribution in [0.4, 0.5) is 21.0 Å². The lowest BCUT2D eigenvalue weighted by Crippen LogP contribution is -2.50. The third-order valence-electron chi connectivity index (χ3n) is 12.2. The molecule has 0 bridgehead atoms. The summed E-state index contributed by atoms with van der Waals surface area (Å²) in [6.07, 6.45) is 4.74. The molecule has 0 radical (unpaired) electrons. The van der Waals surface area contributed by atoms with Crippen LogP contribution in [0.15, 0.2) is 67.4 Å². The monoisotopic (exact) mass is 838 g/mol. The summed E-state index contributed by atoms with van der Waals surface area (Å²) in [7, 11) is 4.54. The van der Waals surface area contributed by atoms with Gasteiger partial charge in [0.1, 0.15) is 12.4 Å². The summed E-state index contributed by atoms with van der Waals surface area (Å²) in [6, 6.07) is 12.8. The van der Waals surface area contributed by atoms with Gasteiger partial charge < -0.3 is 48.4 Å². The van der Waals surface area contributed by atoms with E-state index in [1.54, 1.807) is 29.0 Å². The molecule has 1 spiro atoms. The zero-order valence-corrected chi connectivity index (χ0v) is 34.5. The van der Waals surface area contributed by atoms with E-state index in [4.69, 9.17) is 28.4 Å². The molecule has 3 aromatic rings. The Labute approximate surface area is 353 Å². The van der Waals surface area contributed by atoms with E-state index in [9.17, 15) is 29.4 Å². The molecule has 1 saturated heterocycles. The van der Waals surface area contributed by atoms with E-state index in [2.05, 4.69) is 6.58 Å². The van der Waals surface area contributed by atoms with Gasteiger partial charge in [0.15, 0.2) is 29.2 Å². The number of benzene rings is 3. The number of rotatable bonds is 14. The number of methoxy groups -OCH3 is 3. The molecule has 3 aromatic carbocycles. The van der Waals surface area contributed by atoms with Gasteiger partial charge in [-0.25, -0.2) is 14.5 Å². The number of carbonyl (C=O) groups is 4. The second-order valence-electron chi connectivity index (χ2n) is 16.0. The number of aliphatic hydroxyl groups is 1. The van der Waals surface area contributed by atoms with Crippen LogP contribution in [0.5, 0.6) is 28.7 Å². The van der Waals surface area contributed by atoms with E-state index in [0.29, 0.717) is 55.8 Å². The highest BCUT2D eigenvalue weighted by Crippen LogP contribution is 2.57. The Bertz CT molecular complexity index is 2260. The first-order valence-electron chi connectivity index (χ1n) is 20.4. The van der Waals surface area contributed by atoms with Crippen molar-refractivity contribution < 1.29 is 57.8 Å². The van der Waals surface area contributed by atoms with E-state index in [1.807, 2.05) is 30.5 Å². The number of hydrogen-bond donors (Lipinski definition) is 2. The summed E-state index contributed by atoms with van der Waals surface area (Å²) in [6.45, 7) is 4.84.